The summed E-state index contributed by atoms with van der Waals surface area (Å²) >= 11 is 6.10. The molecule has 2 heterocycles. The molecule has 30 heavy (non-hydrogen) atoms. The Balaban J connectivity index is 1.57. The van der Waals surface area contributed by atoms with Gasteiger partial charge in [-0.15, -0.1) is 0 Å². The van der Waals surface area contributed by atoms with Gasteiger partial charge in [-0.3, -0.25) is 0 Å². The summed E-state index contributed by atoms with van der Waals surface area (Å²) in [6, 6.07) is 23.7. The number of aromatic amines is 1. The molecular formula is C25H22ClN3O. The molecule has 4 nitrogen and oxygen atoms in total. The van der Waals surface area contributed by atoms with Gasteiger partial charge in [-0.25, -0.2) is 4.79 Å². The Labute approximate surface area is 180 Å². The van der Waals surface area contributed by atoms with E-state index in [9.17, 15) is 4.79 Å². The number of halogens is 1. The van der Waals surface area contributed by atoms with Crippen LogP contribution < -0.4 is 5.32 Å². The van der Waals surface area contributed by atoms with Crippen LogP contribution >= 0.6 is 11.6 Å². The Bertz CT molecular complexity index is 1230. The summed E-state index contributed by atoms with van der Waals surface area (Å²) in [5.41, 5.74) is 6.47. The molecule has 150 valence electrons. The smallest absolute Gasteiger partial charge is 0.322 e. The molecule has 5 heteroatoms. The summed E-state index contributed by atoms with van der Waals surface area (Å²) in [6.45, 7) is 2.71. The van der Waals surface area contributed by atoms with Gasteiger partial charge in [0.25, 0.3) is 0 Å². The van der Waals surface area contributed by atoms with E-state index in [1.54, 1.807) is 12.1 Å². The lowest BCUT2D eigenvalue weighted by atomic mass is 9.92. The number of para-hydroxylation sites is 1. The van der Waals surface area contributed by atoms with E-state index in [2.05, 4.69) is 59.7 Å². The van der Waals surface area contributed by atoms with E-state index in [-0.39, 0.29) is 12.1 Å². The summed E-state index contributed by atoms with van der Waals surface area (Å²) < 4.78 is 0. The number of nitrogens with one attached hydrogen (secondary N) is 2. The van der Waals surface area contributed by atoms with E-state index in [1.165, 1.54) is 16.5 Å². The lowest BCUT2D eigenvalue weighted by Crippen LogP contribution is -2.43. The highest BCUT2D eigenvalue weighted by molar-refractivity contribution is 6.30. The number of aryl methyl sites for hydroxylation is 1. The fraction of sp³-hybridized carbons (Fsp3) is 0.160. The maximum atomic E-state index is 13.3. The largest absolute Gasteiger partial charge is 0.356 e. The molecule has 1 aliphatic heterocycles. The molecule has 1 atom stereocenters. The third kappa shape index (κ3) is 3.33. The van der Waals surface area contributed by atoms with Gasteiger partial charge < -0.3 is 15.2 Å². The normalized spacial score (nSPS) is 15.8. The molecule has 5 rings (SSSR count). The molecule has 0 aliphatic carbocycles. The molecule has 1 aliphatic rings. The van der Waals surface area contributed by atoms with Crippen LogP contribution in [0.3, 0.4) is 0 Å². The van der Waals surface area contributed by atoms with Crippen molar-refractivity contribution in [3.8, 4) is 0 Å². The van der Waals surface area contributed by atoms with Crippen molar-refractivity contribution in [2.45, 2.75) is 19.4 Å². The third-order valence-electron chi connectivity index (χ3n) is 5.76. The molecule has 0 fully saturated rings. The summed E-state index contributed by atoms with van der Waals surface area (Å²) in [5.74, 6) is 0. The number of carbonyl (C=O) groups excluding carboxylic acids is 1. The first-order valence-electron chi connectivity index (χ1n) is 10.1. The van der Waals surface area contributed by atoms with Gasteiger partial charge in [0.2, 0.25) is 0 Å². The zero-order chi connectivity index (χ0) is 20.7. The Hall–Kier alpha value is -3.24. The fourth-order valence-corrected chi connectivity index (χ4v) is 4.51. The predicted octanol–water partition coefficient (Wildman–Crippen LogP) is 6.31. The van der Waals surface area contributed by atoms with Crippen LogP contribution in [-0.2, 0) is 6.42 Å². The number of nitrogens with zero attached hydrogens (tertiary/aromatic N) is 1. The maximum absolute atomic E-state index is 13.3. The summed E-state index contributed by atoms with van der Waals surface area (Å²) in [6.07, 6.45) is 0.810. The van der Waals surface area contributed by atoms with Crippen molar-refractivity contribution in [1.82, 2.24) is 9.88 Å². The monoisotopic (exact) mass is 415 g/mol. The molecule has 1 aromatic heterocycles. The Kier molecular flexibility index (Phi) is 4.72. The van der Waals surface area contributed by atoms with Gasteiger partial charge in [0.15, 0.2) is 0 Å². The highest BCUT2D eigenvalue weighted by atomic mass is 35.5. The molecule has 3 aromatic carbocycles. The highest BCUT2D eigenvalue weighted by Crippen LogP contribution is 2.38. The lowest BCUT2D eigenvalue weighted by Gasteiger charge is -2.36. The van der Waals surface area contributed by atoms with E-state index in [0.717, 1.165) is 23.2 Å². The minimum atomic E-state index is -0.180. The number of anilines is 1. The van der Waals surface area contributed by atoms with E-state index in [4.69, 9.17) is 11.6 Å². The van der Waals surface area contributed by atoms with E-state index < -0.39 is 0 Å². The molecule has 2 amide bonds. The van der Waals surface area contributed by atoms with Crippen molar-refractivity contribution in [3.63, 3.8) is 0 Å². The minimum absolute atomic E-state index is 0.132. The average Bonchev–Trinajstić information content (AvgIpc) is 3.12. The van der Waals surface area contributed by atoms with Crippen molar-refractivity contribution in [1.29, 1.82) is 0 Å². The minimum Gasteiger partial charge on any atom is -0.356 e. The average molecular weight is 416 g/mol. The molecule has 0 radical (unpaired) electrons. The van der Waals surface area contributed by atoms with Gasteiger partial charge in [0.05, 0.1) is 6.04 Å². The van der Waals surface area contributed by atoms with Gasteiger partial charge in [0.1, 0.15) is 0 Å². The number of rotatable bonds is 2. The molecule has 0 unspecified atom stereocenters. The van der Waals surface area contributed by atoms with Crippen LogP contribution in [0.2, 0.25) is 5.02 Å². The predicted molar refractivity (Wildman–Crippen MR) is 122 cm³/mol. The van der Waals surface area contributed by atoms with Crippen molar-refractivity contribution < 1.29 is 4.79 Å². The van der Waals surface area contributed by atoms with Crippen LogP contribution in [-0.4, -0.2) is 22.5 Å². The van der Waals surface area contributed by atoms with Gasteiger partial charge in [0, 0.05) is 33.9 Å². The lowest BCUT2D eigenvalue weighted by molar-refractivity contribution is 0.193. The number of H-pyrrole nitrogens is 1. The van der Waals surface area contributed by atoms with Gasteiger partial charge >= 0.3 is 6.03 Å². The number of benzene rings is 3. The molecule has 0 bridgehead atoms. The van der Waals surface area contributed by atoms with Crippen LogP contribution in [0.1, 0.15) is 28.4 Å². The van der Waals surface area contributed by atoms with Crippen LogP contribution in [0, 0.1) is 6.92 Å². The summed E-state index contributed by atoms with van der Waals surface area (Å²) in [5, 5.41) is 4.85. The van der Waals surface area contributed by atoms with Gasteiger partial charge in [-0.05, 0) is 48.7 Å². The first-order valence-corrected chi connectivity index (χ1v) is 10.5. The molecule has 0 spiro atoms. The van der Waals surface area contributed by atoms with Crippen LogP contribution in [0.4, 0.5) is 10.5 Å². The second-order valence-electron chi connectivity index (χ2n) is 7.76. The highest BCUT2D eigenvalue weighted by Gasteiger charge is 2.34. The second-order valence-corrected chi connectivity index (χ2v) is 8.20. The van der Waals surface area contributed by atoms with Gasteiger partial charge in [-0.1, -0.05) is 65.7 Å². The van der Waals surface area contributed by atoms with Crippen molar-refractivity contribution in [2.24, 2.45) is 0 Å². The van der Waals surface area contributed by atoms with Crippen molar-refractivity contribution in [2.75, 3.05) is 11.9 Å². The van der Waals surface area contributed by atoms with Crippen LogP contribution in [0.25, 0.3) is 10.9 Å². The van der Waals surface area contributed by atoms with Crippen LogP contribution in [0.15, 0.2) is 72.8 Å². The Morgan fingerprint density at radius 2 is 1.87 bits per heavy atom. The number of carbonyl (C=O) groups is 1. The SMILES string of the molecule is Cc1ccc([C@@H]2c3[nH]c4ccccc4c3CCN2C(=O)Nc2cccc(Cl)c2)cc1. The number of hydrogen-bond acceptors (Lipinski definition) is 1. The summed E-state index contributed by atoms with van der Waals surface area (Å²) in [4.78, 5) is 18.8. The van der Waals surface area contributed by atoms with Crippen LogP contribution in [0.5, 0.6) is 0 Å². The number of amides is 2. The molecule has 4 aromatic rings. The maximum Gasteiger partial charge on any atom is 0.322 e. The van der Waals surface area contributed by atoms with Gasteiger partial charge in [-0.2, -0.15) is 0 Å². The number of aromatic nitrogens is 1. The number of fused-ring (bicyclic) bond motifs is 3. The third-order valence-corrected chi connectivity index (χ3v) is 6.00. The molecule has 2 N–H and O–H groups in total. The van der Waals surface area contributed by atoms with Crippen molar-refractivity contribution in [3.05, 3.63) is 100 Å². The molecular weight excluding hydrogens is 394 g/mol. The quantitative estimate of drug-likeness (QED) is 0.396. The molecule has 0 saturated carbocycles. The zero-order valence-corrected chi connectivity index (χ0v) is 17.4. The van der Waals surface area contributed by atoms with E-state index in [0.29, 0.717) is 17.3 Å². The topological polar surface area (TPSA) is 48.1 Å². The zero-order valence-electron chi connectivity index (χ0n) is 16.7. The summed E-state index contributed by atoms with van der Waals surface area (Å²) in [7, 11) is 0. The first-order chi connectivity index (χ1) is 14.6. The molecule has 0 saturated heterocycles. The number of urea groups is 1. The standard InChI is InChI=1S/C25H22ClN3O/c1-16-9-11-17(12-10-16)24-23-21(20-7-2-3-8-22(20)28-23)13-14-29(24)25(30)27-19-6-4-5-18(26)15-19/h2-12,15,24,28H,13-14H2,1H3,(H,27,30)/t24-/m1/s1. The van der Waals surface area contributed by atoms with Crippen molar-refractivity contribution >= 4 is 34.2 Å². The second kappa shape index (κ2) is 7.54. The Morgan fingerprint density at radius 3 is 2.67 bits per heavy atom. The van der Waals surface area contributed by atoms with E-state index >= 15 is 0 Å². The Morgan fingerprint density at radius 1 is 1.07 bits per heavy atom. The fourth-order valence-electron chi connectivity index (χ4n) is 4.32. The first kappa shape index (κ1) is 18.8. The van der Waals surface area contributed by atoms with E-state index in [1.807, 2.05) is 23.1 Å². The number of hydrogen-bond donors (Lipinski definition) is 2.